The number of aliphatic carboxylic acids is 1. The number of nitrogens with one attached hydrogen (secondary N) is 1. The molecule has 0 aromatic heterocycles. The summed E-state index contributed by atoms with van der Waals surface area (Å²) in [5.74, 6) is -1.79. The van der Waals surface area contributed by atoms with Crippen molar-refractivity contribution in [3.63, 3.8) is 0 Å². The molecule has 12 heteroatoms. The molecule has 0 saturated carbocycles. The van der Waals surface area contributed by atoms with E-state index in [1.54, 1.807) is 43.3 Å². The topological polar surface area (TPSA) is 212 Å². The Morgan fingerprint density at radius 3 is 2.46 bits per heavy atom. The highest BCUT2D eigenvalue weighted by Gasteiger charge is 2.54. The van der Waals surface area contributed by atoms with Crippen LogP contribution < -0.4 is 15.8 Å². The summed E-state index contributed by atoms with van der Waals surface area (Å²) < 4.78 is 11.0. The molecule has 6 atom stereocenters. The maximum absolute atomic E-state index is 12.4. The van der Waals surface area contributed by atoms with Gasteiger partial charge >= 0.3 is 5.97 Å². The number of aliphatic hydroxyl groups excluding tert-OH is 4. The van der Waals surface area contributed by atoms with Gasteiger partial charge in [-0.05, 0) is 47.9 Å². The zero-order chi connectivity index (χ0) is 25.9. The molecule has 0 radical (unpaired) electrons. The first kappa shape index (κ1) is 26.5. The predicted molar refractivity (Wildman–Crippen MR) is 120 cm³/mol. The largest absolute Gasteiger partial charge is 0.480 e. The van der Waals surface area contributed by atoms with Crippen molar-refractivity contribution in [2.75, 3.05) is 13.2 Å². The van der Waals surface area contributed by atoms with Gasteiger partial charge in [0.05, 0.1) is 13.2 Å². The van der Waals surface area contributed by atoms with Crippen LogP contribution in [0.1, 0.15) is 15.9 Å². The molecule has 1 fully saturated rings. The second-order valence-corrected chi connectivity index (χ2v) is 8.24. The van der Waals surface area contributed by atoms with Gasteiger partial charge in [-0.3, -0.25) is 10.5 Å². The van der Waals surface area contributed by atoms with E-state index in [1.165, 1.54) is 6.07 Å². The van der Waals surface area contributed by atoms with Gasteiger partial charge in [-0.25, -0.2) is 4.79 Å². The minimum atomic E-state index is -2.46. The number of carbonyl (C=O) groups excluding carboxylic acids is 1. The van der Waals surface area contributed by atoms with Gasteiger partial charge in [-0.15, -0.1) is 0 Å². The number of benzene rings is 2. The van der Waals surface area contributed by atoms with Gasteiger partial charge in [-0.2, -0.15) is 0 Å². The van der Waals surface area contributed by atoms with Crippen LogP contribution in [-0.2, 0) is 9.53 Å². The van der Waals surface area contributed by atoms with E-state index in [0.717, 1.165) is 0 Å². The van der Waals surface area contributed by atoms with E-state index in [2.05, 4.69) is 5.32 Å². The number of ether oxygens (including phenoxy) is 2. The number of carboxylic acid groups (broad SMARTS) is 1. The molecule has 9 N–H and O–H groups in total. The van der Waals surface area contributed by atoms with Gasteiger partial charge in [0, 0.05) is 5.56 Å². The first-order valence-corrected chi connectivity index (χ1v) is 10.7. The van der Waals surface area contributed by atoms with Crippen LogP contribution in [0.4, 0.5) is 0 Å². The van der Waals surface area contributed by atoms with Crippen molar-refractivity contribution < 1.29 is 49.7 Å². The Labute approximate surface area is 200 Å². The lowest BCUT2D eigenvalue weighted by Gasteiger charge is -2.45. The number of aliphatic hydroxyl groups is 5. The molecule has 35 heavy (non-hydrogen) atoms. The smallest absolute Gasteiger partial charge is 0.328 e. The van der Waals surface area contributed by atoms with Crippen LogP contribution >= 0.6 is 0 Å². The number of aryl methyl sites for hydroxylation is 1. The predicted octanol–water partition coefficient (Wildman–Crippen LogP) is -1.70. The van der Waals surface area contributed by atoms with Crippen molar-refractivity contribution in [3.05, 3.63) is 53.6 Å². The summed E-state index contributed by atoms with van der Waals surface area (Å²) in [7, 11) is 0. The van der Waals surface area contributed by atoms with Crippen LogP contribution in [0.2, 0.25) is 0 Å². The fourth-order valence-corrected chi connectivity index (χ4v) is 3.58. The second kappa shape index (κ2) is 10.7. The summed E-state index contributed by atoms with van der Waals surface area (Å²) in [6.45, 7) is 0.307. The molecule has 0 bridgehead atoms. The molecular formula is C23H28N2O10. The zero-order valence-corrected chi connectivity index (χ0v) is 18.7. The number of nitrogens with two attached hydrogens (primary N) is 1. The average molecular weight is 492 g/mol. The second-order valence-electron chi connectivity index (χ2n) is 8.24. The molecule has 0 unspecified atom stereocenters. The highest BCUT2D eigenvalue weighted by Crippen LogP contribution is 2.32. The highest BCUT2D eigenvalue weighted by molar-refractivity contribution is 5.97. The van der Waals surface area contributed by atoms with Crippen molar-refractivity contribution in [1.82, 2.24) is 5.32 Å². The highest BCUT2D eigenvalue weighted by atomic mass is 16.7. The summed E-state index contributed by atoms with van der Waals surface area (Å²) in [5, 5.41) is 60.2. The number of hydrogen-bond acceptors (Lipinski definition) is 10. The maximum atomic E-state index is 12.4. The van der Waals surface area contributed by atoms with E-state index in [-0.39, 0.29) is 11.3 Å². The van der Waals surface area contributed by atoms with E-state index in [9.17, 15) is 30.0 Å². The molecule has 1 amide bonds. The standard InChI is InChI=1S/C23H28N2O10/c1-11-7-13(12-3-2-4-14(8-12)20(30)25-15(9-26)21(31)32)5-6-16(11)34-22-23(24,33)19(29)18(28)17(10-27)35-22/h2-8,15,17-19,22,26-29,33H,9-10,24H2,1H3,(H,25,30)(H,31,32)/t15-,17+,18+,19-,22-,23-/m0/s1. The van der Waals surface area contributed by atoms with Crippen LogP contribution in [0.5, 0.6) is 5.75 Å². The molecule has 1 heterocycles. The molecule has 1 aliphatic heterocycles. The molecule has 12 nitrogen and oxygen atoms in total. The van der Waals surface area contributed by atoms with E-state index < -0.39 is 61.5 Å². The quantitative estimate of drug-likeness (QED) is 0.195. The van der Waals surface area contributed by atoms with Gasteiger partial charge < -0.3 is 45.4 Å². The van der Waals surface area contributed by atoms with Gasteiger partial charge in [0.2, 0.25) is 12.0 Å². The minimum Gasteiger partial charge on any atom is -0.480 e. The van der Waals surface area contributed by atoms with Crippen molar-refractivity contribution in [2.24, 2.45) is 5.73 Å². The Balaban J connectivity index is 1.80. The van der Waals surface area contributed by atoms with Crippen LogP contribution in [0.25, 0.3) is 11.1 Å². The Morgan fingerprint density at radius 2 is 1.86 bits per heavy atom. The van der Waals surface area contributed by atoms with Crippen LogP contribution in [-0.4, -0.2) is 92.1 Å². The third-order valence-corrected chi connectivity index (χ3v) is 5.69. The summed E-state index contributed by atoms with van der Waals surface area (Å²) >= 11 is 0. The molecule has 1 aliphatic rings. The summed E-state index contributed by atoms with van der Waals surface area (Å²) in [5.41, 5.74) is 5.33. The lowest BCUT2D eigenvalue weighted by atomic mass is 9.94. The third kappa shape index (κ3) is 5.60. The fraction of sp³-hybridized carbons (Fsp3) is 0.391. The van der Waals surface area contributed by atoms with Gasteiger partial charge in [-0.1, -0.05) is 18.2 Å². The zero-order valence-electron chi connectivity index (χ0n) is 18.7. The van der Waals surface area contributed by atoms with Gasteiger partial charge in [0.15, 0.2) is 6.04 Å². The molecule has 2 aromatic carbocycles. The van der Waals surface area contributed by atoms with Crippen molar-refractivity contribution in [1.29, 1.82) is 0 Å². The Kier molecular flexibility index (Phi) is 8.07. The monoisotopic (exact) mass is 492 g/mol. The number of rotatable bonds is 8. The Morgan fingerprint density at radius 1 is 1.17 bits per heavy atom. The van der Waals surface area contributed by atoms with Crippen molar-refractivity contribution >= 4 is 11.9 Å². The van der Waals surface area contributed by atoms with Gasteiger partial charge in [0.25, 0.3) is 5.91 Å². The molecule has 0 aliphatic carbocycles. The van der Waals surface area contributed by atoms with E-state index in [4.69, 9.17) is 25.4 Å². The van der Waals surface area contributed by atoms with E-state index in [0.29, 0.717) is 16.7 Å². The van der Waals surface area contributed by atoms with Crippen LogP contribution in [0.15, 0.2) is 42.5 Å². The van der Waals surface area contributed by atoms with Crippen molar-refractivity contribution in [2.45, 2.75) is 43.3 Å². The Bertz CT molecular complexity index is 1080. The normalized spacial score (nSPS) is 27.2. The minimum absolute atomic E-state index is 0.187. The molecule has 3 rings (SSSR count). The summed E-state index contributed by atoms with van der Waals surface area (Å²) in [6.07, 6.45) is -6.27. The molecule has 190 valence electrons. The van der Waals surface area contributed by atoms with Crippen LogP contribution in [0, 0.1) is 6.92 Å². The van der Waals surface area contributed by atoms with Crippen LogP contribution in [0.3, 0.4) is 0 Å². The fourth-order valence-electron chi connectivity index (χ4n) is 3.58. The maximum Gasteiger partial charge on any atom is 0.328 e. The third-order valence-electron chi connectivity index (χ3n) is 5.69. The van der Waals surface area contributed by atoms with Gasteiger partial charge in [0.1, 0.15) is 24.1 Å². The number of carbonyl (C=O) groups is 2. The number of amides is 1. The summed E-state index contributed by atoms with van der Waals surface area (Å²) in [6, 6.07) is 9.89. The number of carboxylic acids is 1. The first-order valence-electron chi connectivity index (χ1n) is 10.7. The SMILES string of the molecule is Cc1cc(-c2cccc(C(=O)N[C@@H](CO)C(=O)O)c2)ccc1O[C@H]1O[C@H](CO)[C@@H](O)[C@H](O)[C@]1(N)O. The molecular weight excluding hydrogens is 464 g/mol. The van der Waals surface area contributed by atoms with E-state index in [1.807, 2.05) is 0 Å². The lowest BCUT2D eigenvalue weighted by molar-refractivity contribution is -0.319. The average Bonchev–Trinajstić information content (AvgIpc) is 2.83. The first-order chi connectivity index (χ1) is 16.5. The Hall–Kier alpha value is -3.10. The van der Waals surface area contributed by atoms with Crippen molar-refractivity contribution in [3.8, 4) is 16.9 Å². The molecule has 1 saturated heterocycles. The summed E-state index contributed by atoms with van der Waals surface area (Å²) in [4.78, 5) is 23.4. The number of hydrogen-bond donors (Lipinski definition) is 8. The van der Waals surface area contributed by atoms with E-state index >= 15 is 0 Å². The lowest BCUT2D eigenvalue weighted by Crippen LogP contribution is -2.72. The molecule has 0 spiro atoms. The molecule has 2 aromatic rings.